The fraction of sp³-hybridized carbons (Fsp3) is 0.900. The van der Waals surface area contributed by atoms with Gasteiger partial charge in [0.15, 0.2) is 0 Å². The van der Waals surface area contributed by atoms with Crippen LogP contribution in [0.4, 0.5) is 0 Å². The number of amides is 1. The van der Waals surface area contributed by atoms with E-state index in [1.807, 2.05) is 11.8 Å². The van der Waals surface area contributed by atoms with Crippen molar-refractivity contribution in [3.63, 3.8) is 0 Å². The summed E-state index contributed by atoms with van der Waals surface area (Å²) in [6.07, 6.45) is 0.974. The Kier molecular flexibility index (Phi) is 2.74. The van der Waals surface area contributed by atoms with Crippen LogP contribution in [0.3, 0.4) is 0 Å². The number of carbonyl (C=O) groups excluding carboxylic acids is 1. The van der Waals surface area contributed by atoms with Gasteiger partial charge in [-0.3, -0.25) is 10.1 Å². The molecule has 0 bridgehead atoms. The summed E-state index contributed by atoms with van der Waals surface area (Å²) in [6, 6.07) is 0.360. The van der Waals surface area contributed by atoms with Crippen LogP contribution >= 0.6 is 0 Å². The molecule has 1 N–H and O–H groups in total. The lowest BCUT2D eigenvalue weighted by atomic mass is 9.96. The largest absolute Gasteiger partial charge is 0.381 e. The molecule has 0 aromatic carbocycles. The Morgan fingerprint density at radius 1 is 1.50 bits per heavy atom. The predicted molar refractivity (Wildman–Crippen MR) is 52.7 cm³/mol. The molecule has 0 aliphatic carbocycles. The van der Waals surface area contributed by atoms with Gasteiger partial charge in [-0.05, 0) is 13.3 Å². The molecule has 4 heteroatoms. The molecule has 2 heterocycles. The highest BCUT2D eigenvalue weighted by Crippen LogP contribution is 2.22. The van der Waals surface area contributed by atoms with E-state index >= 15 is 0 Å². The summed E-state index contributed by atoms with van der Waals surface area (Å²) in [6.45, 7) is 6.34. The Hall–Kier alpha value is -0.610. The third-order valence-corrected chi connectivity index (χ3v) is 3.22. The molecule has 80 valence electrons. The van der Waals surface area contributed by atoms with Crippen molar-refractivity contribution in [1.82, 2.24) is 10.2 Å². The van der Waals surface area contributed by atoms with E-state index in [0.717, 1.165) is 19.6 Å². The van der Waals surface area contributed by atoms with Gasteiger partial charge in [0.25, 0.3) is 0 Å². The van der Waals surface area contributed by atoms with Crippen LogP contribution < -0.4 is 5.32 Å². The lowest BCUT2D eigenvalue weighted by molar-refractivity contribution is -0.133. The molecule has 0 saturated carbocycles. The van der Waals surface area contributed by atoms with Gasteiger partial charge in [0.2, 0.25) is 5.91 Å². The normalized spacial score (nSPS) is 39.1. The highest BCUT2D eigenvalue weighted by atomic mass is 16.5. The van der Waals surface area contributed by atoms with E-state index in [1.165, 1.54) is 0 Å². The standard InChI is InChI=1S/C10H18N2O2/c1-7-5-14-4-3-9(7)12-6-11-8(2)10(12)13/h7-9,11H,3-6H2,1-2H3. The molecule has 0 radical (unpaired) electrons. The smallest absolute Gasteiger partial charge is 0.240 e. The molecular formula is C10H18N2O2. The van der Waals surface area contributed by atoms with E-state index in [2.05, 4.69) is 12.2 Å². The van der Waals surface area contributed by atoms with Gasteiger partial charge >= 0.3 is 0 Å². The quantitative estimate of drug-likeness (QED) is 0.654. The molecular weight excluding hydrogens is 180 g/mol. The van der Waals surface area contributed by atoms with Gasteiger partial charge in [-0.1, -0.05) is 6.92 Å². The lowest BCUT2D eigenvalue weighted by Gasteiger charge is -2.35. The number of rotatable bonds is 1. The molecule has 0 aromatic rings. The van der Waals surface area contributed by atoms with Crippen molar-refractivity contribution in [3.8, 4) is 0 Å². The average Bonchev–Trinajstić information content (AvgIpc) is 2.49. The van der Waals surface area contributed by atoms with Crippen molar-refractivity contribution in [3.05, 3.63) is 0 Å². The molecule has 3 atom stereocenters. The van der Waals surface area contributed by atoms with Crippen LogP contribution in [0.5, 0.6) is 0 Å². The summed E-state index contributed by atoms with van der Waals surface area (Å²) in [5, 5.41) is 3.17. The molecule has 2 aliphatic rings. The monoisotopic (exact) mass is 198 g/mol. The first-order valence-corrected chi connectivity index (χ1v) is 5.31. The van der Waals surface area contributed by atoms with Crippen LogP contribution in [-0.2, 0) is 9.53 Å². The Morgan fingerprint density at radius 2 is 2.29 bits per heavy atom. The highest BCUT2D eigenvalue weighted by Gasteiger charge is 2.36. The molecule has 2 aliphatic heterocycles. The van der Waals surface area contributed by atoms with Crippen molar-refractivity contribution in [2.45, 2.75) is 32.4 Å². The number of nitrogens with one attached hydrogen (secondary N) is 1. The molecule has 0 spiro atoms. The molecule has 2 saturated heterocycles. The first-order valence-electron chi connectivity index (χ1n) is 5.31. The summed E-state index contributed by atoms with van der Waals surface area (Å²) in [7, 11) is 0. The molecule has 2 rings (SSSR count). The number of nitrogens with zero attached hydrogens (tertiary/aromatic N) is 1. The summed E-state index contributed by atoms with van der Waals surface area (Å²) in [5.74, 6) is 0.698. The van der Waals surface area contributed by atoms with Crippen LogP contribution in [0.1, 0.15) is 20.3 Å². The maximum absolute atomic E-state index is 11.8. The van der Waals surface area contributed by atoms with E-state index in [1.54, 1.807) is 0 Å². The molecule has 3 unspecified atom stereocenters. The lowest BCUT2D eigenvalue weighted by Crippen LogP contribution is -2.46. The van der Waals surface area contributed by atoms with Crippen LogP contribution in [0.15, 0.2) is 0 Å². The van der Waals surface area contributed by atoms with E-state index in [4.69, 9.17) is 4.74 Å². The number of ether oxygens (including phenoxy) is 1. The Morgan fingerprint density at radius 3 is 2.86 bits per heavy atom. The first kappa shape index (κ1) is 9.93. The van der Waals surface area contributed by atoms with E-state index in [0.29, 0.717) is 18.6 Å². The molecule has 14 heavy (non-hydrogen) atoms. The van der Waals surface area contributed by atoms with Crippen molar-refractivity contribution in [2.24, 2.45) is 5.92 Å². The Labute approximate surface area is 84.6 Å². The molecule has 4 nitrogen and oxygen atoms in total. The van der Waals surface area contributed by atoms with E-state index < -0.39 is 0 Å². The molecule has 2 fully saturated rings. The summed E-state index contributed by atoms with van der Waals surface area (Å²) in [5.41, 5.74) is 0. The fourth-order valence-corrected chi connectivity index (χ4v) is 2.26. The highest BCUT2D eigenvalue weighted by molar-refractivity contribution is 5.83. The topological polar surface area (TPSA) is 41.6 Å². The second-order valence-corrected chi connectivity index (χ2v) is 4.30. The minimum absolute atomic E-state index is 0.00922. The second-order valence-electron chi connectivity index (χ2n) is 4.30. The van der Waals surface area contributed by atoms with Gasteiger partial charge < -0.3 is 9.64 Å². The third-order valence-electron chi connectivity index (χ3n) is 3.22. The fourth-order valence-electron chi connectivity index (χ4n) is 2.26. The Balaban J connectivity index is 2.03. The number of carbonyl (C=O) groups is 1. The summed E-state index contributed by atoms with van der Waals surface area (Å²) >= 11 is 0. The van der Waals surface area contributed by atoms with Crippen molar-refractivity contribution in [1.29, 1.82) is 0 Å². The SMILES string of the molecule is CC1NCN(C2CCOCC2C)C1=O. The van der Waals surface area contributed by atoms with Gasteiger partial charge in [-0.15, -0.1) is 0 Å². The zero-order chi connectivity index (χ0) is 10.1. The van der Waals surface area contributed by atoms with E-state index in [9.17, 15) is 4.79 Å². The number of hydrogen-bond donors (Lipinski definition) is 1. The first-order chi connectivity index (χ1) is 6.70. The average molecular weight is 198 g/mol. The van der Waals surface area contributed by atoms with Crippen LogP contribution in [-0.4, -0.2) is 42.8 Å². The van der Waals surface area contributed by atoms with E-state index in [-0.39, 0.29) is 11.9 Å². The maximum atomic E-state index is 11.8. The van der Waals surface area contributed by atoms with Gasteiger partial charge in [-0.25, -0.2) is 0 Å². The van der Waals surface area contributed by atoms with Crippen molar-refractivity contribution < 1.29 is 9.53 Å². The Bertz CT molecular complexity index is 232. The number of hydrogen-bond acceptors (Lipinski definition) is 3. The van der Waals surface area contributed by atoms with Gasteiger partial charge in [0, 0.05) is 18.6 Å². The van der Waals surface area contributed by atoms with Crippen LogP contribution in [0.25, 0.3) is 0 Å². The van der Waals surface area contributed by atoms with Gasteiger partial charge in [-0.2, -0.15) is 0 Å². The second kappa shape index (κ2) is 3.87. The third kappa shape index (κ3) is 1.64. The zero-order valence-corrected chi connectivity index (χ0v) is 8.82. The van der Waals surface area contributed by atoms with Crippen molar-refractivity contribution in [2.75, 3.05) is 19.9 Å². The predicted octanol–water partition coefficient (Wildman–Crippen LogP) is 0.189. The van der Waals surface area contributed by atoms with Gasteiger partial charge in [0.1, 0.15) is 0 Å². The zero-order valence-electron chi connectivity index (χ0n) is 8.82. The minimum Gasteiger partial charge on any atom is -0.381 e. The van der Waals surface area contributed by atoms with Crippen molar-refractivity contribution >= 4 is 5.91 Å². The molecule has 0 aromatic heterocycles. The summed E-state index contributed by atoms with van der Waals surface area (Å²) < 4.78 is 5.38. The molecule has 1 amide bonds. The van der Waals surface area contributed by atoms with Gasteiger partial charge in [0.05, 0.1) is 19.3 Å². The van der Waals surface area contributed by atoms with Crippen LogP contribution in [0.2, 0.25) is 0 Å². The summed E-state index contributed by atoms with van der Waals surface area (Å²) in [4.78, 5) is 13.7. The maximum Gasteiger partial charge on any atom is 0.240 e. The van der Waals surface area contributed by atoms with Crippen LogP contribution in [0, 0.1) is 5.92 Å². The minimum atomic E-state index is -0.00922.